The summed E-state index contributed by atoms with van der Waals surface area (Å²) in [5.41, 5.74) is 2.08. The number of Topliss-reactive ketones (excluding diaryl/α,β-unsaturated/α-hetero) is 1. The summed E-state index contributed by atoms with van der Waals surface area (Å²) in [6.45, 7) is 1.97. The summed E-state index contributed by atoms with van der Waals surface area (Å²) in [6.07, 6.45) is 2.52. The Bertz CT molecular complexity index is 613. The molecule has 0 aliphatic heterocycles. The first-order valence-electron chi connectivity index (χ1n) is 6.03. The van der Waals surface area contributed by atoms with Crippen molar-refractivity contribution >= 4 is 17.4 Å². The predicted octanol–water partition coefficient (Wildman–Crippen LogP) is 3.86. The molecule has 19 heavy (non-hydrogen) atoms. The van der Waals surface area contributed by atoms with Crippen LogP contribution in [-0.2, 0) is 12.8 Å². The molecule has 0 aliphatic rings. The van der Waals surface area contributed by atoms with E-state index in [9.17, 15) is 9.18 Å². The lowest BCUT2D eigenvalue weighted by Crippen LogP contribution is -2.09. The van der Waals surface area contributed by atoms with Gasteiger partial charge in [0.05, 0.1) is 5.02 Å². The Morgan fingerprint density at radius 1 is 1.37 bits per heavy atom. The third-order valence-corrected chi connectivity index (χ3v) is 3.17. The zero-order chi connectivity index (χ0) is 13.8. The minimum absolute atomic E-state index is 0.0297. The highest BCUT2D eigenvalue weighted by Crippen LogP contribution is 2.18. The Balaban J connectivity index is 2.23. The van der Waals surface area contributed by atoms with Crippen molar-refractivity contribution in [1.29, 1.82) is 0 Å². The Morgan fingerprint density at radius 2 is 2.16 bits per heavy atom. The second-order valence-corrected chi connectivity index (χ2v) is 4.62. The summed E-state index contributed by atoms with van der Waals surface area (Å²) < 4.78 is 13.0. The van der Waals surface area contributed by atoms with Gasteiger partial charge in [0.2, 0.25) is 0 Å². The minimum atomic E-state index is -0.482. The number of rotatable bonds is 4. The van der Waals surface area contributed by atoms with E-state index in [1.165, 1.54) is 12.1 Å². The van der Waals surface area contributed by atoms with Gasteiger partial charge < -0.3 is 0 Å². The highest BCUT2D eigenvalue weighted by Gasteiger charge is 2.13. The van der Waals surface area contributed by atoms with Crippen LogP contribution in [0.1, 0.15) is 28.5 Å². The normalized spacial score (nSPS) is 10.5. The van der Waals surface area contributed by atoms with Gasteiger partial charge in [-0.05, 0) is 35.7 Å². The second kappa shape index (κ2) is 5.93. The predicted molar refractivity (Wildman–Crippen MR) is 73.1 cm³/mol. The molecular formula is C15H13ClFNO. The fourth-order valence-electron chi connectivity index (χ4n) is 1.89. The molecule has 0 unspecified atom stereocenters. The Kier molecular flexibility index (Phi) is 4.27. The summed E-state index contributed by atoms with van der Waals surface area (Å²) in [4.78, 5) is 16.3. The van der Waals surface area contributed by atoms with E-state index in [1.807, 2.05) is 19.1 Å². The zero-order valence-corrected chi connectivity index (χ0v) is 11.2. The van der Waals surface area contributed by atoms with Crippen LogP contribution >= 0.6 is 11.6 Å². The molecule has 0 fully saturated rings. The van der Waals surface area contributed by atoms with E-state index in [0.29, 0.717) is 11.3 Å². The van der Waals surface area contributed by atoms with Gasteiger partial charge in [0.25, 0.3) is 0 Å². The molecule has 0 radical (unpaired) electrons. The van der Waals surface area contributed by atoms with Crippen LogP contribution in [0.25, 0.3) is 0 Å². The van der Waals surface area contributed by atoms with Crippen LogP contribution in [0.3, 0.4) is 0 Å². The van der Waals surface area contributed by atoms with Crippen LogP contribution in [0, 0.1) is 5.82 Å². The topological polar surface area (TPSA) is 30.0 Å². The van der Waals surface area contributed by atoms with Crippen LogP contribution in [0.5, 0.6) is 0 Å². The van der Waals surface area contributed by atoms with Crippen molar-refractivity contribution in [3.63, 3.8) is 0 Å². The molecule has 1 aromatic carbocycles. The number of hydrogen-bond acceptors (Lipinski definition) is 2. The monoisotopic (exact) mass is 277 g/mol. The lowest BCUT2D eigenvalue weighted by atomic mass is 10.0. The number of ketones is 1. The van der Waals surface area contributed by atoms with Crippen LogP contribution < -0.4 is 0 Å². The molecule has 0 saturated heterocycles. The first-order valence-corrected chi connectivity index (χ1v) is 6.40. The summed E-state index contributed by atoms with van der Waals surface area (Å²) >= 11 is 5.70. The molecule has 0 atom stereocenters. The maximum Gasteiger partial charge on any atom is 0.185 e. The Morgan fingerprint density at radius 3 is 2.84 bits per heavy atom. The molecule has 2 nitrogen and oxygen atoms in total. The molecule has 0 aliphatic carbocycles. The standard InChI is InChI=1S/C15H13ClFNO/c1-2-11-4-3-7-18-15(11)14(19)9-10-5-6-13(17)12(16)8-10/h3-8H,2,9H2,1H3. The third-order valence-electron chi connectivity index (χ3n) is 2.88. The van der Waals surface area contributed by atoms with Gasteiger partial charge in [0, 0.05) is 12.6 Å². The number of benzene rings is 1. The lowest BCUT2D eigenvalue weighted by molar-refractivity contribution is 0.0987. The number of halogens is 2. The lowest BCUT2D eigenvalue weighted by Gasteiger charge is -2.06. The number of nitrogens with zero attached hydrogens (tertiary/aromatic N) is 1. The number of hydrogen-bond donors (Lipinski definition) is 0. The molecule has 2 rings (SSSR count). The van der Waals surface area contributed by atoms with Crippen molar-refractivity contribution in [1.82, 2.24) is 4.98 Å². The van der Waals surface area contributed by atoms with E-state index in [-0.39, 0.29) is 17.2 Å². The van der Waals surface area contributed by atoms with E-state index >= 15 is 0 Å². The molecular weight excluding hydrogens is 265 g/mol. The number of aromatic nitrogens is 1. The van der Waals surface area contributed by atoms with Crippen molar-refractivity contribution in [3.05, 3.63) is 64.2 Å². The zero-order valence-electron chi connectivity index (χ0n) is 10.5. The van der Waals surface area contributed by atoms with Crippen molar-refractivity contribution in [3.8, 4) is 0 Å². The Labute approximate surface area is 116 Å². The van der Waals surface area contributed by atoms with Crippen molar-refractivity contribution in [2.24, 2.45) is 0 Å². The van der Waals surface area contributed by atoms with Crippen LogP contribution in [0.4, 0.5) is 4.39 Å². The van der Waals surface area contributed by atoms with Gasteiger partial charge in [-0.15, -0.1) is 0 Å². The molecule has 0 bridgehead atoms. The van der Waals surface area contributed by atoms with E-state index in [1.54, 1.807) is 12.3 Å². The molecule has 1 aromatic heterocycles. The largest absolute Gasteiger partial charge is 0.292 e. The first kappa shape index (κ1) is 13.7. The quantitative estimate of drug-likeness (QED) is 0.794. The molecule has 0 amide bonds. The highest BCUT2D eigenvalue weighted by molar-refractivity contribution is 6.30. The van der Waals surface area contributed by atoms with Crippen molar-refractivity contribution in [2.45, 2.75) is 19.8 Å². The van der Waals surface area contributed by atoms with Crippen molar-refractivity contribution in [2.75, 3.05) is 0 Å². The van der Waals surface area contributed by atoms with Crippen LogP contribution in [0.2, 0.25) is 5.02 Å². The molecule has 2 aromatic rings. The van der Waals surface area contributed by atoms with Gasteiger partial charge in [0.15, 0.2) is 5.78 Å². The van der Waals surface area contributed by atoms with E-state index in [2.05, 4.69) is 4.98 Å². The van der Waals surface area contributed by atoms with Gasteiger partial charge in [-0.1, -0.05) is 30.7 Å². The molecule has 0 spiro atoms. The van der Waals surface area contributed by atoms with Crippen molar-refractivity contribution < 1.29 is 9.18 Å². The van der Waals surface area contributed by atoms with Crippen LogP contribution in [-0.4, -0.2) is 10.8 Å². The Hall–Kier alpha value is -1.74. The van der Waals surface area contributed by atoms with E-state index < -0.39 is 5.82 Å². The second-order valence-electron chi connectivity index (χ2n) is 4.21. The summed E-state index contributed by atoms with van der Waals surface area (Å²) in [6, 6.07) is 8.00. The third kappa shape index (κ3) is 3.18. The number of pyridine rings is 1. The molecule has 0 N–H and O–H groups in total. The smallest absolute Gasteiger partial charge is 0.185 e. The van der Waals surface area contributed by atoms with Gasteiger partial charge in [-0.2, -0.15) is 0 Å². The van der Waals surface area contributed by atoms with Gasteiger partial charge in [-0.3, -0.25) is 9.78 Å². The first-order chi connectivity index (χ1) is 9.11. The molecule has 0 saturated carbocycles. The van der Waals surface area contributed by atoms with Gasteiger partial charge in [0.1, 0.15) is 11.5 Å². The number of carbonyl (C=O) groups is 1. The fourth-order valence-corrected chi connectivity index (χ4v) is 2.10. The summed E-state index contributed by atoms with van der Waals surface area (Å²) in [5.74, 6) is -0.565. The maximum absolute atomic E-state index is 13.0. The number of aryl methyl sites for hydroxylation is 1. The fraction of sp³-hybridized carbons (Fsp3) is 0.200. The summed E-state index contributed by atoms with van der Waals surface area (Å²) in [7, 11) is 0. The number of carbonyl (C=O) groups excluding carboxylic acids is 1. The highest BCUT2D eigenvalue weighted by atomic mass is 35.5. The SMILES string of the molecule is CCc1cccnc1C(=O)Cc1ccc(F)c(Cl)c1. The van der Waals surface area contributed by atoms with E-state index in [0.717, 1.165) is 12.0 Å². The summed E-state index contributed by atoms with van der Waals surface area (Å²) in [5, 5.41) is 0.0297. The minimum Gasteiger partial charge on any atom is -0.292 e. The molecule has 4 heteroatoms. The maximum atomic E-state index is 13.0. The average Bonchev–Trinajstić information content (AvgIpc) is 2.43. The van der Waals surface area contributed by atoms with Gasteiger partial charge in [-0.25, -0.2) is 4.39 Å². The average molecular weight is 278 g/mol. The van der Waals surface area contributed by atoms with Crippen LogP contribution in [0.15, 0.2) is 36.5 Å². The molecule has 98 valence electrons. The molecule has 1 heterocycles. The van der Waals surface area contributed by atoms with E-state index in [4.69, 9.17) is 11.6 Å². The van der Waals surface area contributed by atoms with Gasteiger partial charge >= 0.3 is 0 Å².